The molecule has 0 aliphatic heterocycles. The lowest BCUT2D eigenvalue weighted by Gasteiger charge is -2.23. The van der Waals surface area contributed by atoms with E-state index in [0.717, 1.165) is 4.90 Å². The number of aromatic nitrogens is 2. The van der Waals surface area contributed by atoms with Crippen LogP contribution in [-0.2, 0) is 7.05 Å². The van der Waals surface area contributed by atoms with Gasteiger partial charge >= 0.3 is 6.18 Å². The van der Waals surface area contributed by atoms with E-state index in [1.165, 1.54) is 11.7 Å². The number of nitrogens with zero attached hydrogens (tertiary/aromatic N) is 3. The number of nitrogens with two attached hydrogens (primary N) is 1. The highest BCUT2D eigenvalue weighted by atomic mass is 19.4. The highest BCUT2D eigenvalue weighted by molar-refractivity contribution is 5.98. The molecule has 1 fully saturated rings. The molecule has 0 saturated heterocycles. The summed E-state index contributed by atoms with van der Waals surface area (Å²) in [6.07, 6.45) is -3.22. The van der Waals surface area contributed by atoms with Crippen molar-refractivity contribution in [3.05, 3.63) is 11.4 Å². The Bertz CT molecular complexity index is 505. The van der Waals surface area contributed by atoms with Crippen molar-refractivity contribution in [3.63, 3.8) is 0 Å². The summed E-state index contributed by atoms with van der Waals surface area (Å²) in [5.41, 5.74) is 6.31. The SMILES string of the molecule is Cc1nn(C)c(C(=O)N(CC(F)(F)F)C2CC2)c1N. The van der Waals surface area contributed by atoms with E-state index in [9.17, 15) is 18.0 Å². The Kier molecular flexibility index (Phi) is 3.19. The summed E-state index contributed by atoms with van der Waals surface area (Å²) >= 11 is 0. The van der Waals surface area contributed by atoms with E-state index < -0.39 is 18.6 Å². The van der Waals surface area contributed by atoms with Crippen LogP contribution in [0.1, 0.15) is 29.0 Å². The number of hydrogen-bond acceptors (Lipinski definition) is 3. The van der Waals surface area contributed by atoms with Crippen molar-refractivity contribution in [1.82, 2.24) is 14.7 Å². The van der Waals surface area contributed by atoms with Crippen LogP contribution in [0.5, 0.6) is 0 Å². The first-order chi connectivity index (χ1) is 8.70. The minimum atomic E-state index is -4.42. The van der Waals surface area contributed by atoms with Gasteiger partial charge in [-0.25, -0.2) is 0 Å². The fourth-order valence-corrected chi connectivity index (χ4v) is 2.01. The Morgan fingerprint density at radius 2 is 2.11 bits per heavy atom. The molecule has 1 aromatic rings. The summed E-state index contributed by atoms with van der Waals surface area (Å²) in [6, 6.07) is -0.344. The molecule has 0 atom stereocenters. The molecule has 0 spiro atoms. The van der Waals surface area contributed by atoms with Crippen LogP contribution < -0.4 is 5.73 Å². The first kappa shape index (κ1) is 13.7. The molecule has 1 saturated carbocycles. The fraction of sp³-hybridized carbons (Fsp3) is 0.636. The Balaban J connectivity index is 2.29. The quantitative estimate of drug-likeness (QED) is 0.909. The van der Waals surface area contributed by atoms with Gasteiger partial charge in [0, 0.05) is 13.1 Å². The highest BCUT2D eigenvalue weighted by Crippen LogP contribution is 2.32. The third-order valence-electron chi connectivity index (χ3n) is 3.07. The second kappa shape index (κ2) is 4.43. The van der Waals surface area contributed by atoms with Crippen LogP contribution in [0.3, 0.4) is 0 Å². The van der Waals surface area contributed by atoms with Crippen LogP contribution >= 0.6 is 0 Å². The average molecular weight is 276 g/mol. The number of anilines is 1. The maximum absolute atomic E-state index is 12.5. The van der Waals surface area contributed by atoms with Gasteiger partial charge < -0.3 is 10.6 Å². The van der Waals surface area contributed by atoms with Crippen molar-refractivity contribution in [2.24, 2.45) is 7.05 Å². The molecule has 1 aromatic heterocycles. The van der Waals surface area contributed by atoms with Crippen LogP contribution in [-0.4, -0.2) is 39.4 Å². The van der Waals surface area contributed by atoms with Gasteiger partial charge in [-0.05, 0) is 19.8 Å². The number of halogens is 3. The number of carbonyl (C=O) groups is 1. The third kappa shape index (κ3) is 2.82. The van der Waals surface area contributed by atoms with Crippen LogP contribution in [0, 0.1) is 6.92 Å². The second-order valence-corrected chi connectivity index (χ2v) is 4.75. The molecule has 2 N–H and O–H groups in total. The monoisotopic (exact) mass is 276 g/mol. The lowest BCUT2D eigenvalue weighted by atomic mass is 10.2. The molecule has 0 unspecified atom stereocenters. The Morgan fingerprint density at radius 3 is 2.47 bits per heavy atom. The van der Waals surface area contributed by atoms with E-state index in [2.05, 4.69) is 5.10 Å². The molecule has 0 aromatic carbocycles. The summed E-state index contributed by atoms with van der Waals surface area (Å²) < 4.78 is 38.8. The first-order valence-electron chi connectivity index (χ1n) is 5.87. The third-order valence-corrected chi connectivity index (χ3v) is 3.07. The molecule has 0 bridgehead atoms. The number of alkyl halides is 3. The molecular weight excluding hydrogens is 261 g/mol. The molecule has 8 heteroatoms. The first-order valence-corrected chi connectivity index (χ1v) is 5.87. The van der Waals surface area contributed by atoms with Crippen LogP contribution in [0.25, 0.3) is 0 Å². The molecule has 0 radical (unpaired) electrons. The molecule has 1 heterocycles. The van der Waals surface area contributed by atoms with Gasteiger partial charge in [0.15, 0.2) is 0 Å². The number of nitrogen functional groups attached to an aromatic ring is 1. The van der Waals surface area contributed by atoms with E-state index in [-0.39, 0.29) is 17.4 Å². The maximum atomic E-state index is 12.5. The maximum Gasteiger partial charge on any atom is 0.406 e. The van der Waals surface area contributed by atoms with Crippen LogP contribution in [0.4, 0.5) is 18.9 Å². The van der Waals surface area contributed by atoms with Gasteiger partial charge in [0.25, 0.3) is 5.91 Å². The zero-order chi connectivity index (χ0) is 14.4. The van der Waals surface area contributed by atoms with Gasteiger partial charge in [-0.1, -0.05) is 0 Å². The number of aryl methyl sites for hydroxylation is 2. The van der Waals surface area contributed by atoms with Gasteiger partial charge in [0.2, 0.25) is 0 Å². The fourth-order valence-electron chi connectivity index (χ4n) is 2.01. The lowest BCUT2D eigenvalue weighted by Crippen LogP contribution is -2.41. The summed E-state index contributed by atoms with van der Waals surface area (Å²) in [5.74, 6) is -0.708. The Hall–Kier alpha value is -1.73. The van der Waals surface area contributed by atoms with Crippen molar-refractivity contribution >= 4 is 11.6 Å². The van der Waals surface area contributed by atoms with E-state index in [1.807, 2.05) is 0 Å². The standard InChI is InChI=1S/C11H15F3N4O/c1-6-8(15)9(17(2)16-6)10(19)18(7-3-4-7)5-11(12,13)14/h7H,3-5,15H2,1-2H3. The predicted octanol–water partition coefficient (Wildman–Crippen LogP) is 1.48. The van der Waals surface area contributed by atoms with E-state index in [4.69, 9.17) is 5.73 Å². The minimum Gasteiger partial charge on any atom is -0.395 e. The molecule has 106 valence electrons. The zero-order valence-electron chi connectivity index (χ0n) is 10.7. The van der Waals surface area contributed by atoms with Gasteiger partial charge in [0.1, 0.15) is 12.2 Å². The molecule has 19 heavy (non-hydrogen) atoms. The molecule has 1 aliphatic carbocycles. The minimum absolute atomic E-state index is 0.0219. The van der Waals surface area contributed by atoms with Gasteiger partial charge in [-0.3, -0.25) is 9.48 Å². The van der Waals surface area contributed by atoms with E-state index >= 15 is 0 Å². The van der Waals surface area contributed by atoms with Crippen LogP contribution in [0.15, 0.2) is 0 Å². The Morgan fingerprint density at radius 1 is 1.53 bits per heavy atom. The van der Waals surface area contributed by atoms with Crippen molar-refractivity contribution in [3.8, 4) is 0 Å². The summed E-state index contributed by atoms with van der Waals surface area (Å²) in [7, 11) is 1.50. The van der Waals surface area contributed by atoms with Crippen molar-refractivity contribution in [2.45, 2.75) is 32.0 Å². The van der Waals surface area contributed by atoms with Crippen molar-refractivity contribution in [2.75, 3.05) is 12.3 Å². The number of amides is 1. The van der Waals surface area contributed by atoms with Crippen molar-refractivity contribution in [1.29, 1.82) is 0 Å². The summed E-state index contributed by atoms with van der Waals surface area (Å²) in [4.78, 5) is 13.1. The molecule has 1 aliphatic rings. The molecule has 5 nitrogen and oxygen atoms in total. The van der Waals surface area contributed by atoms with E-state index in [0.29, 0.717) is 18.5 Å². The molecule has 1 amide bonds. The van der Waals surface area contributed by atoms with Gasteiger partial charge in [0.05, 0.1) is 11.4 Å². The number of rotatable bonds is 3. The topological polar surface area (TPSA) is 64.2 Å². The van der Waals surface area contributed by atoms with Crippen molar-refractivity contribution < 1.29 is 18.0 Å². The smallest absolute Gasteiger partial charge is 0.395 e. The number of hydrogen-bond donors (Lipinski definition) is 1. The number of carbonyl (C=O) groups excluding carboxylic acids is 1. The lowest BCUT2D eigenvalue weighted by molar-refractivity contribution is -0.141. The zero-order valence-corrected chi connectivity index (χ0v) is 10.7. The van der Waals surface area contributed by atoms with Crippen LogP contribution in [0.2, 0.25) is 0 Å². The molecular formula is C11H15F3N4O. The Labute approximate surface area is 108 Å². The van der Waals surface area contributed by atoms with Gasteiger partial charge in [-0.2, -0.15) is 18.3 Å². The predicted molar refractivity (Wildman–Crippen MR) is 62.5 cm³/mol. The normalized spacial score (nSPS) is 15.6. The largest absolute Gasteiger partial charge is 0.406 e. The average Bonchev–Trinajstić information content (AvgIpc) is 3.04. The second-order valence-electron chi connectivity index (χ2n) is 4.75. The highest BCUT2D eigenvalue weighted by Gasteiger charge is 2.42. The summed E-state index contributed by atoms with van der Waals surface area (Å²) in [5, 5.41) is 3.95. The molecule has 2 rings (SSSR count). The van der Waals surface area contributed by atoms with Gasteiger partial charge in [-0.15, -0.1) is 0 Å². The van der Waals surface area contributed by atoms with E-state index in [1.54, 1.807) is 6.92 Å². The summed E-state index contributed by atoms with van der Waals surface area (Å²) in [6.45, 7) is 0.359.